The van der Waals surface area contributed by atoms with Crippen LogP contribution in [0.15, 0.2) is 54.0 Å². The van der Waals surface area contributed by atoms with Gasteiger partial charge < -0.3 is 14.2 Å². The molecule has 0 spiro atoms. The number of methoxy groups -OCH3 is 2. The van der Waals surface area contributed by atoms with Gasteiger partial charge in [0.05, 0.1) is 19.1 Å². The summed E-state index contributed by atoms with van der Waals surface area (Å²) in [5.41, 5.74) is 3.68. The molecule has 1 aliphatic rings. The lowest BCUT2D eigenvalue weighted by atomic mass is 10.0. The van der Waals surface area contributed by atoms with Crippen molar-refractivity contribution < 1.29 is 28.6 Å². The number of hydrogen-bond acceptors (Lipinski definition) is 7. The number of rotatable bonds is 9. The van der Waals surface area contributed by atoms with Crippen LogP contribution in [-0.4, -0.2) is 42.3 Å². The van der Waals surface area contributed by atoms with Crippen molar-refractivity contribution in [2.75, 3.05) is 14.2 Å². The second-order valence-corrected chi connectivity index (χ2v) is 8.72. The highest BCUT2D eigenvalue weighted by atomic mass is 32.2. The fourth-order valence-corrected chi connectivity index (χ4v) is 4.38. The summed E-state index contributed by atoms with van der Waals surface area (Å²) in [5.74, 6) is -0.113. The van der Waals surface area contributed by atoms with E-state index in [0.717, 1.165) is 27.8 Å². The van der Waals surface area contributed by atoms with Crippen LogP contribution in [0.25, 0.3) is 6.08 Å². The van der Waals surface area contributed by atoms with E-state index in [1.165, 1.54) is 19.6 Å². The quantitative estimate of drug-likeness (QED) is 0.286. The van der Waals surface area contributed by atoms with Gasteiger partial charge in [-0.1, -0.05) is 35.9 Å². The molecule has 2 aromatic rings. The fraction of sp³-hybridized carbons (Fsp3) is 0.269. The minimum atomic E-state index is -1.01. The molecule has 0 N–H and O–H groups in total. The molecule has 3 rings (SSSR count). The van der Waals surface area contributed by atoms with Gasteiger partial charge in [0, 0.05) is 5.56 Å². The van der Waals surface area contributed by atoms with Gasteiger partial charge in [0.1, 0.15) is 12.6 Å². The van der Waals surface area contributed by atoms with E-state index in [9.17, 15) is 14.4 Å². The van der Waals surface area contributed by atoms with Crippen molar-refractivity contribution in [2.45, 2.75) is 32.9 Å². The second kappa shape index (κ2) is 11.1. The first-order valence-electron chi connectivity index (χ1n) is 10.6. The molecule has 1 heterocycles. The maximum Gasteiger partial charge on any atom is 0.328 e. The average molecular weight is 482 g/mol. The van der Waals surface area contributed by atoms with E-state index in [1.54, 1.807) is 25.3 Å². The molecule has 8 heteroatoms. The van der Waals surface area contributed by atoms with Gasteiger partial charge in [0.2, 0.25) is 0 Å². The summed E-state index contributed by atoms with van der Waals surface area (Å²) in [6.07, 6.45) is 3.87. The van der Waals surface area contributed by atoms with E-state index in [4.69, 9.17) is 9.47 Å². The number of aryl methyl sites for hydroxylation is 1. The maximum absolute atomic E-state index is 12.8. The average Bonchev–Trinajstić information content (AvgIpc) is 3.10. The van der Waals surface area contributed by atoms with Gasteiger partial charge in [0.15, 0.2) is 11.5 Å². The number of ether oxygens (including phenoxy) is 3. The number of carbonyl (C=O) groups is 3. The summed E-state index contributed by atoms with van der Waals surface area (Å²) in [7, 11) is 2.76. The molecule has 2 aromatic carbocycles. The zero-order valence-electron chi connectivity index (χ0n) is 19.6. The minimum absolute atomic E-state index is 0.209. The van der Waals surface area contributed by atoms with Crippen molar-refractivity contribution in [2.24, 2.45) is 0 Å². The normalized spacial score (nSPS) is 15.4. The number of carbonyl (C=O) groups excluding carboxylic acids is 3. The van der Waals surface area contributed by atoms with Gasteiger partial charge in [0.25, 0.3) is 11.1 Å². The highest BCUT2D eigenvalue weighted by Gasteiger charge is 2.41. The van der Waals surface area contributed by atoms with Crippen molar-refractivity contribution in [1.82, 2.24) is 4.90 Å². The molecule has 1 atom stereocenters. The predicted molar refractivity (Wildman–Crippen MR) is 132 cm³/mol. The molecule has 1 saturated heterocycles. The molecule has 1 fully saturated rings. The number of esters is 1. The lowest BCUT2D eigenvalue weighted by molar-refractivity contribution is -0.148. The summed E-state index contributed by atoms with van der Waals surface area (Å²) < 4.78 is 16.4. The van der Waals surface area contributed by atoms with E-state index >= 15 is 0 Å². The Morgan fingerprint density at radius 3 is 2.50 bits per heavy atom. The number of hydrogen-bond donors (Lipinski definition) is 0. The van der Waals surface area contributed by atoms with Gasteiger partial charge in [-0.05, 0) is 61.4 Å². The number of benzene rings is 2. The molecule has 1 aliphatic heterocycles. The predicted octanol–water partition coefficient (Wildman–Crippen LogP) is 4.91. The third-order valence-electron chi connectivity index (χ3n) is 5.29. The van der Waals surface area contributed by atoms with Gasteiger partial charge in [-0.2, -0.15) is 0 Å². The van der Waals surface area contributed by atoms with Crippen LogP contribution in [0.4, 0.5) is 4.79 Å². The topological polar surface area (TPSA) is 82.1 Å². The van der Waals surface area contributed by atoms with Crippen LogP contribution in [0.3, 0.4) is 0 Å². The number of nitrogens with zero attached hydrogens (tertiary/aromatic N) is 1. The zero-order valence-corrected chi connectivity index (χ0v) is 20.4. The van der Waals surface area contributed by atoms with Gasteiger partial charge in [-0.25, -0.2) is 4.79 Å². The van der Waals surface area contributed by atoms with Crippen molar-refractivity contribution >= 4 is 35.0 Å². The Balaban J connectivity index is 1.91. The third kappa shape index (κ3) is 5.51. The molecular formula is C26H27NO6S. The molecule has 0 aromatic heterocycles. The summed E-state index contributed by atoms with van der Waals surface area (Å²) in [6, 6.07) is 10.7. The summed E-state index contributed by atoms with van der Waals surface area (Å²) in [5, 5.41) is -0.523. The lowest BCUT2D eigenvalue weighted by Crippen LogP contribution is -2.42. The van der Waals surface area contributed by atoms with E-state index in [2.05, 4.69) is 11.3 Å². The van der Waals surface area contributed by atoms with Crippen LogP contribution in [-0.2, 0) is 27.4 Å². The highest BCUT2D eigenvalue weighted by Crippen LogP contribution is 2.38. The Kier molecular flexibility index (Phi) is 8.17. The number of allylic oxidation sites excluding steroid dienone is 1. The molecule has 2 amide bonds. The summed E-state index contributed by atoms with van der Waals surface area (Å²) in [6.45, 7) is 7.67. The number of imide groups is 1. The van der Waals surface area contributed by atoms with E-state index in [1.807, 2.05) is 37.3 Å². The van der Waals surface area contributed by atoms with E-state index in [0.29, 0.717) is 30.1 Å². The summed E-state index contributed by atoms with van der Waals surface area (Å²) in [4.78, 5) is 38.2. The number of amides is 2. The Labute approximate surface area is 203 Å². The first-order valence-corrected chi connectivity index (χ1v) is 11.5. The van der Waals surface area contributed by atoms with Crippen LogP contribution in [0.5, 0.6) is 11.5 Å². The maximum atomic E-state index is 12.8. The van der Waals surface area contributed by atoms with Crippen LogP contribution in [0.2, 0.25) is 0 Å². The Bertz CT molecular complexity index is 1140. The number of thioether (sulfide) groups is 1. The molecule has 0 saturated carbocycles. The monoisotopic (exact) mass is 481 g/mol. The van der Waals surface area contributed by atoms with Gasteiger partial charge in [-0.15, -0.1) is 6.58 Å². The molecule has 0 bridgehead atoms. The Morgan fingerprint density at radius 1 is 1.18 bits per heavy atom. The minimum Gasteiger partial charge on any atom is -0.493 e. The first-order chi connectivity index (χ1) is 16.3. The van der Waals surface area contributed by atoms with Crippen LogP contribution >= 0.6 is 11.8 Å². The third-order valence-corrected chi connectivity index (χ3v) is 6.18. The van der Waals surface area contributed by atoms with Crippen molar-refractivity contribution in [3.63, 3.8) is 0 Å². The molecule has 178 valence electrons. The van der Waals surface area contributed by atoms with Gasteiger partial charge >= 0.3 is 5.97 Å². The first kappa shape index (κ1) is 25.1. The van der Waals surface area contributed by atoms with Crippen molar-refractivity contribution in [1.29, 1.82) is 0 Å². The fourth-order valence-electron chi connectivity index (χ4n) is 3.47. The van der Waals surface area contributed by atoms with Crippen LogP contribution in [0.1, 0.15) is 29.2 Å². The molecular weight excluding hydrogens is 454 g/mol. The highest BCUT2D eigenvalue weighted by molar-refractivity contribution is 8.18. The largest absolute Gasteiger partial charge is 0.493 e. The van der Waals surface area contributed by atoms with E-state index < -0.39 is 23.2 Å². The molecule has 0 radical (unpaired) electrons. The van der Waals surface area contributed by atoms with Gasteiger partial charge in [-0.3, -0.25) is 14.5 Å². The Hall–Kier alpha value is -3.52. The second-order valence-electron chi connectivity index (χ2n) is 7.73. The zero-order chi connectivity index (χ0) is 24.8. The van der Waals surface area contributed by atoms with Crippen LogP contribution < -0.4 is 9.47 Å². The molecule has 7 nitrogen and oxygen atoms in total. The van der Waals surface area contributed by atoms with Crippen molar-refractivity contribution in [3.05, 3.63) is 76.2 Å². The standard InChI is InChI=1S/C26H27NO6S/c1-6-7-20-12-19(14-22-24(28)27(26(30)34-22)17(3)25(29)32-5)13-21(31-4)23(20)33-15-18-10-8-16(2)9-11-18/h6,8-14,17H,1,7,15H2,2-5H3/b22-14+/t17-/m1/s1. The summed E-state index contributed by atoms with van der Waals surface area (Å²) >= 11 is 0.777. The smallest absolute Gasteiger partial charge is 0.328 e. The molecule has 0 unspecified atom stereocenters. The molecule has 34 heavy (non-hydrogen) atoms. The van der Waals surface area contributed by atoms with Crippen LogP contribution in [0, 0.1) is 6.92 Å². The Morgan fingerprint density at radius 2 is 1.88 bits per heavy atom. The SMILES string of the molecule is C=CCc1cc(/C=C2/SC(=O)N([C@H](C)C(=O)OC)C2=O)cc(OC)c1OCc1ccc(C)cc1. The molecule has 0 aliphatic carbocycles. The van der Waals surface area contributed by atoms with E-state index in [-0.39, 0.29) is 4.91 Å². The van der Waals surface area contributed by atoms with Crippen molar-refractivity contribution in [3.8, 4) is 11.5 Å². The lowest BCUT2D eigenvalue weighted by Gasteiger charge is -2.18.